The van der Waals surface area contributed by atoms with E-state index in [0.29, 0.717) is 11.7 Å². The minimum absolute atomic E-state index is 0.136. The molecular formula is C8H14N2OS. The average molecular weight is 186 g/mol. The first kappa shape index (κ1) is 9.53. The van der Waals surface area contributed by atoms with Crippen molar-refractivity contribution in [3.05, 3.63) is 0 Å². The Bertz CT molecular complexity index is 308. The Morgan fingerprint density at radius 3 is 2.83 bits per heavy atom. The minimum Gasteiger partial charge on any atom is -0.248 e. The van der Waals surface area contributed by atoms with Crippen molar-refractivity contribution >= 4 is 9.73 Å². The molecule has 1 saturated heterocycles. The number of rotatable bonds is 1. The maximum Gasteiger partial charge on any atom is 0.214 e. The number of nitriles is 1. The van der Waals surface area contributed by atoms with Gasteiger partial charge in [0.05, 0.1) is 9.73 Å². The van der Waals surface area contributed by atoms with Crippen LogP contribution < -0.4 is 0 Å². The summed E-state index contributed by atoms with van der Waals surface area (Å²) in [7, 11) is -2.18. The maximum atomic E-state index is 12.0. The molecule has 1 heterocycles. The SMILES string of the molecule is CC(C)[C@@H]1CCCS1(=O)=NC#N. The van der Waals surface area contributed by atoms with E-state index < -0.39 is 9.73 Å². The van der Waals surface area contributed by atoms with Crippen molar-refractivity contribution in [1.29, 1.82) is 5.26 Å². The van der Waals surface area contributed by atoms with Gasteiger partial charge in [-0.15, -0.1) is 4.36 Å². The zero-order valence-corrected chi connectivity index (χ0v) is 8.30. The van der Waals surface area contributed by atoms with Gasteiger partial charge in [-0.1, -0.05) is 13.8 Å². The fraction of sp³-hybridized carbons (Fsp3) is 0.875. The summed E-state index contributed by atoms with van der Waals surface area (Å²) in [5.41, 5.74) is 0. The quantitative estimate of drug-likeness (QED) is 0.586. The molecular weight excluding hydrogens is 172 g/mol. The van der Waals surface area contributed by atoms with Crippen molar-refractivity contribution in [2.45, 2.75) is 31.9 Å². The second kappa shape index (κ2) is 3.44. The zero-order valence-electron chi connectivity index (χ0n) is 7.49. The molecule has 0 saturated carbocycles. The number of hydrogen-bond acceptors (Lipinski definition) is 3. The summed E-state index contributed by atoms with van der Waals surface area (Å²) in [6.45, 7) is 4.09. The van der Waals surface area contributed by atoms with E-state index in [1.165, 1.54) is 0 Å². The Morgan fingerprint density at radius 1 is 1.67 bits per heavy atom. The van der Waals surface area contributed by atoms with Gasteiger partial charge in [0.2, 0.25) is 6.19 Å². The van der Waals surface area contributed by atoms with Crippen molar-refractivity contribution in [3.63, 3.8) is 0 Å². The lowest BCUT2D eigenvalue weighted by Crippen LogP contribution is -2.21. The largest absolute Gasteiger partial charge is 0.248 e. The molecule has 0 spiro atoms. The van der Waals surface area contributed by atoms with Gasteiger partial charge in [-0.3, -0.25) is 0 Å². The summed E-state index contributed by atoms with van der Waals surface area (Å²) >= 11 is 0. The standard InChI is InChI=1S/C8H14N2OS/c1-7(2)8-4-3-5-12(8,11)10-6-9/h7-8H,3-5H2,1-2H3/t8-,12?/m0/s1. The van der Waals surface area contributed by atoms with E-state index in [9.17, 15) is 4.21 Å². The van der Waals surface area contributed by atoms with E-state index in [2.05, 4.69) is 4.36 Å². The van der Waals surface area contributed by atoms with Crippen LogP contribution in [-0.2, 0) is 9.73 Å². The first-order valence-electron chi connectivity index (χ1n) is 4.22. The van der Waals surface area contributed by atoms with Crippen molar-refractivity contribution in [3.8, 4) is 6.19 Å². The smallest absolute Gasteiger partial charge is 0.214 e. The third-order valence-corrected chi connectivity index (χ3v) is 5.33. The number of nitrogens with zero attached hydrogens (tertiary/aromatic N) is 2. The van der Waals surface area contributed by atoms with Crippen LogP contribution in [0.2, 0.25) is 0 Å². The van der Waals surface area contributed by atoms with E-state index >= 15 is 0 Å². The molecule has 1 rings (SSSR count). The van der Waals surface area contributed by atoms with E-state index in [-0.39, 0.29) is 5.25 Å². The molecule has 1 aliphatic heterocycles. The van der Waals surface area contributed by atoms with Gasteiger partial charge < -0.3 is 0 Å². The summed E-state index contributed by atoms with van der Waals surface area (Å²) < 4.78 is 15.6. The highest BCUT2D eigenvalue weighted by Crippen LogP contribution is 2.28. The van der Waals surface area contributed by atoms with Gasteiger partial charge >= 0.3 is 0 Å². The third kappa shape index (κ3) is 1.61. The molecule has 0 bridgehead atoms. The van der Waals surface area contributed by atoms with Gasteiger partial charge in [-0.05, 0) is 18.8 Å². The fourth-order valence-corrected chi connectivity index (χ4v) is 4.40. The molecule has 68 valence electrons. The van der Waals surface area contributed by atoms with Crippen molar-refractivity contribution in [2.75, 3.05) is 5.75 Å². The highest BCUT2D eigenvalue weighted by molar-refractivity contribution is 7.94. The first-order valence-corrected chi connectivity index (χ1v) is 5.96. The van der Waals surface area contributed by atoms with Gasteiger partial charge in [0.25, 0.3) is 0 Å². The molecule has 0 radical (unpaired) electrons. The molecule has 1 aliphatic rings. The predicted octanol–water partition coefficient (Wildman–Crippen LogP) is 1.75. The molecule has 0 N–H and O–H groups in total. The zero-order chi connectivity index (χ0) is 9.19. The Labute approximate surface area is 74.0 Å². The van der Waals surface area contributed by atoms with Crippen LogP contribution in [0.4, 0.5) is 0 Å². The second-order valence-electron chi connectivity index (χ2n) is 3.51. The Kier molecular flexibility index (Phi) is 2.73. The third-order valence-electron chi connectivity index (χ3n) is 2.34. The van der Waals surface area contributed by atoms with Crippen molar-refractivity contribution in [1.82, 2.24) is 0 Å². The highest BCUT2D eigenvalue weighted by Gasteiger charge is 2.31. The summed E-state index contributed by atoms with van der Waals surface area (Å²) in [5, 5.41) is 8.53. The first-order chi connectivity index (χ1) is 5.60. The Morgan fingerprint density at radius 2 is 2.33 bits per heavy atom. The lowest BCUT2D eigenvalue weighted by atomic mass is 10.1. The normalized spacial score (nSPS) is 35.0. The van der Waals surface area contributed by atoms with Crippen molar-refractivity contribution in [2.24, 2.45) is 10.3 Å². The predicted molar refractivity (Wildman–Crippen MR) is 48.9 cm³/mol. The van der Waals surface area contributed by atoms with Gasteiger partial charge in [0.15, 0.2) is 0 Å². The summed E-state index contributed by atoms with van der Waals surface area (Å²) in [4.78, 5) is 0. The van der Waals surface area contributed by atoms with E-state index in [0.717, 1.165) is 12.8 Å². The molecule has 3 nitrogen and oxygen atoms in total. The van der Waals surface area contributed by atoms with Crippen LogP contribution >= 0.6 is 0 Å². The topological polar surface area (TPSA) is 53.2 Å². The highest BCUT2D eigenvalue weighted by atomic mass is 32.2. The van der Waals surface area contributed by atoms with Crippen molar-refractivity contribution < 1.29 is 4.21 Å². The lowest BCUT2D eigenvalue weighted by Gasteiger charge is -2.15. The van der Waals surface area contributed by atoms with E-state index in [4.69, 9.17) is 5.26 Å². The summed E-state index contributed by atoms with van der Waals surface area (Å²) in [6.07, 6.45) is 3.60. The van der Waals surface area contributed by atoms with Crippen LogP contribution in [0.1, 0.15) is 26.7 Å². The number of hydrogen-bond donors (Lipinski definition) is 0. The molecule has 0 aliphatic carbocycles. The lowest BCUT2D eigenvalue weighted by molar-refractivity contribution is 0.569. The second-order valence-corrected chi connectivity index (χ2v) is 6.09. The minimum atomic E-state index is -2.18. The average Bonchev–Trinajstić information content (AvgIpc) is 2.32. The molecule has 1 unspecified atom stereocenters. The van der Waals surface area contributed by atoms with Gasteiger partial charge in [0.1, 0.15) is 0 Å². The van der Waals surface area contributed by atoms with Crippen LogP contribution in [0.5, 0.6) is 0 Å². The Balaban J connectivity index is 3.00. The molecule has 0 amide bonds. The van der Waals surface area contributed by atoms with Crippen LogP contribution in [0, 0.1) is 17.4 Å². The van der Waals surface area contributed by atoms with Gasteiger partial charge in [-0.2, -0.15) is 5.26 Å². The van der Waals surface area contributed by atoms with E-state index in [1.807, 2.05) is 13.8 Å². The molecule has 1 fully saturated rings. The Hall–Kier alpha value is -0.560. The van der Waals surface area contributed by atoms with E-state index in [1.54, 1.807) is 6.19 Å². The fourth-order valence-electron chi connectivity index (χ4n) is 1.77. The summed E-state index contributed by atoms with van der Waals surface area (Å²) in [5.74, 6) is 0.987. The van der Waals surface area contributed by atoms with Crippen LogP contribution in [0.15, 0.2) is 4.36 Å². The van der Waals surface area contributed by atoms with Gasteiger partial charge in [-0.25, -0.2) is 4.21 Å². The van der Waals surface area contributed by atoms with Crippen LogP contribution in [-0.4, -0.2) is 15.2 Å². The van der Waals surface area contributed by atoms with Gasteiger partial charge in [0, 0.05) is 11.0 Å². The van der Waals surface area contributed by atoms with Crippen LogP contribution in [0.25, 0.3) is 0 Å². The molecule has 12 heavy (non-hydrogen) atoms. The molecule has 2 atom stereocenters. The molecule has 0 aromatic heterocycles. The molecule has 0 aromatic rings. The molecule has 0 aromatic carbocycles. The maximum absolute atomic E-state index is 12.0. The van der Waals surface area contributed by atoms with Crippen LogP contribution in [0.3, 0.4) is 0 Å². The monoisotopic (exact) mass is 186 g/mol. The molecule has 4 heteroatoms. The summed E-state index contributed by atoms with van der Waals surface area (Å²) in [6, 6.07) is 0.